The van der Waals surface area contributed by atoms with Crippen LogP contribution in [0.25, 0.3) is 11.0 Å². The number of rotatable bonds is 9. The molecule has 0 saturated carbocycles. The van der Waals surface area contributed by atoms with Gasteiger partial charge in [-0.1, -0.05) is 53.7 Å². The Hall–Kier alpha value is -3.49. The molecule has 0 aliphatic heterocycles. The largest absolute Gasteiger partial charge is 0.493 e. The first-order chi connectivity index (χ1) is 16.6. The number of imidazole rings is 1. The van der Waals surface area contributed by atoms with Crippen LogP contribution >= 0.6 is 23.4 Å². The van der Waals surface area contributed by atoms with Crippen molar-refractivity contribution in [2.24, 2.45) is 5.10 Å². The standard InChI is InChI=1S/C25H23ClN4O3S/c1-32-22-12-11-17(13-23(22)33-2)14-27-29-24(31)16-34-25-28-20-9-5-6-10-21(20)30(25)15-18-7-3-4-8-19(18)26/h3-14H,15-16H2,1-2H3,(H,29,31)/b27-14-. The number of carbonyl (C=O) groups is 1. The second-order valence-corrected chi connectivity index (χ2v) is 8.61. The summed E-state index contributed by atoms with van der Waals surface area (Å²) < 4.78 is 12.6. The minimum Gasteiger partial charge on any atom is -0.493 e. The van der Waals surface area contributed by atoms with Crippen LogP contribution in [0.5, 0.6) is 11.5 Å². The lowest BCUT2D eigenvalue weighted by Gasteiger charge is -2.10. The Bertz CT molecular complexity index is 1340. The molecule has 0 saturated heterocycles. The minimum absolute atomic E-state index is 0.162. The topological polar surface area (TPSA) is 77.7 Å². The molecule has 4 rings (SSSR count). The molecule has 1 aromatic heterocycles. The van der Waals surface area contributed by atoms with Crippen LogP contribution < -0.4 is 14.9 Å². The molecule has 7 nitrogen and oxygen atoms in total. The Morgan fingerprint density at radius 1 is 1.09 bits per heavy atom. The molecule has 0 unspecified atom stereocenters. The highest BCUT2D eigenvalue weighted by molar-refractivity contribution is 7.99. The number of hydrogen-bond donors (Lipinski definition) is 1. The zero-order valence-corrected chi connectivity index (χ0v) is 20.3. The van der Waals surface area contributed by atoms with E-state index in [0.29, 0.717) is 23.1 Å². The number of carbonyl (C=O) groups excluding carboxylic acids is 1. The number of thioether (sulfide) groups is 1. The van der Waals surface area contributed by atoms with Crippen LogP contribution in [-0.2, 0) is 11.3 Å². The number of benzene rings is 3. The molecule has 1 N–H and O–H groups in total. The number of aromatic nitrogens is 2. The Labute approximate surface area is 206 Å². The van der Waals surface area contributed by atoms with Crippen molar-refractivity contribution >= 4 is 46.5 Å². The molecule has 0 aliphatic carbocycles. The number of nitrogens with zero attached hydrogens (tertiary/aromatic N) is 3. The van der Waals surface area contributed by atoms with Gasteiger partial charge in [-0.3, -0.25) is 4.79 Å². The van der Waals surface area contributed by atoms with Crippen LogP contribution in [0.3, 0.4) is 0 Å². The molecule has 0 bridgehead atoms. The molecule has 174 valence electrons. The average molecular weight is 495 g/mol. The van der Waals surface area contributed by atoms with Crippen LogP contribution in [0.15, 0.2) is 77.0 Å². The van der Waals surface area contributed by atoms with Gasteiger partial charge < -0.3 is 14.0 Å². The fraction of sp³-hybridized carbons (Fsp3) is 0.160. The second-order valence-electron chi connectivity index (χ2n) is 7.26. The van der Waals surface area contributed by atoms with Gasteiger partial charge in [-0.2, -0.15) is 5.10 Å². The van der Waals surface area contributed by atoms with Crippen molar-refractivity contribution in [2.45, 2.75) is 11.7 Å². The molecular formula is C25H23ClN4O3S. The number of fused-ring (bicyclic) bond motifs is 1. The Kier molecular flexibility index (Phi) is 7.72. The molecule has 0 spiro atoms. The van der Waals surface area contributed by atoms with E-state index >= 15 is 0 Å². The third-order valence-corrected chi connectivity index (χ3v) is 6.39. The number of hydrazone groups is 1. The lowest BCUT2D eigenvalue weighted by atomic mass is 10.2. The van der Waals surface area contributed by atoms with Crippen molar-refractivity contribution in [3.8, 4) is 11.5 Å². The van der Waals surface area contributed by atoms with Crippen molar-refractivity contribution < 1.29 is 14.3 Å². The Morgan fingerprint density at radius 2 is 1.85 bits per heavy atom. The van der Waals surface area contributed by atoms with E-state index in [4.69, 9.17) is 26.1 Å². The fourth-order valence-electron chi connectivity index (χ4n) is 3.39. The molecule has 0 fully saturated rings. The van der Waals surface area contributed by atoms with E-state index in [1.807, 2.05) is 54.6 Å². The third-order valence-electron chi connectivity index (χ3n) is 5.05. The minimum atomic E-state index is -0.238. The lowest BCUT2D eigenvalue weighted by molar-refractivity contribution is -0.118. The monoisotopic (exact) mass is 494 g/mol. The van der Waals surface area contributed by atoms with Crippen LogP contribution in [0.4, 0.5) is 0 Å². The third kappa shape index (κ3) is 5.52. The highest BCUT2D eigenvalue weighted by atomic mass is 35.5. The van der Waals surface area contributed by atoms with Crippen LogP contribution in [0.1, 0.15) is 11.1 Å². The van der Waals surface area contributed by atoms with Gasteiger partial charge in [0, 0.05) is 5.02 Å². The van der Waals surface area contributed by atoms with Gasteiger partial charge in [0.05, 0.1) is 43.8 Å². The molecular weight excluding hydrogens is 472 g/mol. The van der Waals surface area contributed by atoms with Crippen LogP contribution in [-0.4, -0.2) is 41.6 Å². The van der Waals surface area contributed by atoms with E-state index in [-0.39, 0.29) is 11.7 Å². The summed E-state index contributed by atoms with van der Waals surface area (Å²) >= 11 is 7.73. The van der Waals surface area contributed by atoms with Gasteiger partial charge >= 0.3 is 0 Å². The number of nitrogens with one attached hydrogen (secondary N) is 1. The first kappa shape index (κ1) is 23.7. The summed E-state index contributed by atoms with van der Waals surface area (Å²) in [4.78, 5) is 17.1. The van der Waals surface area contributed by atoms with E-state index in [1.54, 1.807) is 32.6 Å². The number of hydrogen-bond acceptors (Lipinski definition) is 6. The Morgan fingerprint density at radius 3 is 2.65 bits per heavy atom. The van der Waals surface area contributed by atoms with E-state index in [1.165, 1.54) is 11.8 Å². The van der Waals surface area contributed by atoms with Gasteiger partial charge in [-0.25, -0.2) is 10.4 Å². The van der Waals surface area contributed by atoms with Gasteiger partial charge in [0.25, 0.3) is 5.91 Å². The van der Waals surface area contributed by atoms with Crippen molar-refractivity contribution in [2.75, 3.05) is 20.0 Å². The molecule has 1 heterocycles. The van der Waals surface area contributed by atoms with Crippen LogP contribution in [0.2, 0.25) is 5.02 Å². The summed E-state index contributed by atoms with van der Waals surface area (Å²) in [5.74, 6) is 1.14. The van der Waals surface area contributed by atoms with Crippen LogP contribution in [0, 0.1) is 0 Å². The van der Waals surface area contributed by atoms with Gasteiger partial charge in [0.2, 0.25) is 0 Å². The number of para-hydroxylation sites is 2. The zero-order chi connectivity index (χ0) is 23.9. The molecule has 0 atom stereocenters. The first-order valence-corrected chi connectivity index (χ1v) is 11.8. The van der Waals surface area contributed by atoms with Crippen molar-refractivity contribution in [1.29, 1.82) is 0 Å². The maximum absolute atomic E-state index is 12.4. The van der Waals surface area contributed by atoms with Crippen molar-refractivity contribution in [1.82, 2.24) is 15.0 Å². The number of ether oxygens (including phenoxy) is 2. The first-order valence-electron chi connectivity index (χ1n) is 10.4. The van der Waals surface area contributed by atoms with Gasteiger partial charge in [0.1, 0.15) is 0 Å². The summed E-state index contributed by atoms with van der Waals surface area (Å²) in [5.41, 5.74) is 6.16. The normalized spacial score (nSPS) is 11.1. The SMILES string of the molecule is COc1ccc(/C=N\NC(=O)CSc2nc3ccccc3n2Cc2ccccc2Cl)cc1OC. The molecule has 0 aliphatic rings. The lowest BCUT2D eigenvalue weighted by Crippen LogP contribution is -2.20. The predicted molar refractivity (Wildman–Crippen MR) is 136 cm³/mol. The van der Waals surface area contributed by atoms with Gasteiger partial charge in [-0.05, 0) is 47.5 Å². The number of halogens is 1. The summed E-state index contributed by atoms with van der Waals surface area (Å²) in [6.45, 7) is 0.557. The average Bonchev–Trinajstić information content (AvgIpc) is 3.21. The van der Waals surface area contributed by atoms with E-state index in [9.17, 15) is 4.79 Å². The fourth-order valence-corrected chi connectivity index (χ4v) is 4.39. The Balaban J connectivity index is 1.43. The van der Waals surface area contributed by atoms with Crippen molar-refractivity contribution in [3.63, 3.8) is 0 Å². The number of amides is 1. The van der Waals surface area contributed by atoms with Gasteiger partial charge in [-0.15, -0.1) is 0 Å². The zero-order valence-electron chi connectivity index (χ0n) is 18.7. The summed E-state index contributed by atoms with van der Waals surface area (Å²) in [7, 11) is 3.14. The molecule has 3 aromatic carbocycles. The summed E-state index contributed by atoms with van der Waals surface area (Å²) in [6, 6.07) is 21.0. The molecule has 1 amide bonds. The molecule has 0 radical (unpaired) electrons. The quantitative estimate of drug-likeness (QED) is 0.201. The molecule has 4 aromatic rings. The molecule has 9 heteroatoms. The summed E-state index contributed by atoms with van der Waals surface area (Å²) in [6.07, 6.45) is 1.55. The maximum atomic E-state index is 12.4. The molecule has 34 heavy (non-hydrogen) atoms. The van der Waals surface area contributed by atoms with Crippen molar-refractivity contribution in [3.05, 3.63) is 82.9 Å². The van der Waals surface area contributed by atoms with E-state index < -0.39 is 0 Å². The highest BCUT2D eigenvalue weighted by Gasteiger charge is 2.14. The maximum Gasteiger partial charge on any atom is 0.250 e. The van der Waals surface area contributed by atoms with E-state index in [0.717, 1.165) is 27.3 Å². The highest BCUT2D eigenvalue weighted by Crippen LogP contribution is 2.28. The second kappa shape index (κ2) is 11.1. The predicted octanol–water partition coefficient (Wildman–Crippen LogP) is 5.00. The number of methoxy groups -OCH3 is 2. The summed E-state index contributed by atoms with van der Waals surface area (Å²) in [5, 5.41) is 5.48. The smallest absolute Gasteiger partial charge is 0.250 e. The van der Waals surface area contributed by atoms with E-state index in [2.05, 4.69) is 15.1 Å². The van der Waals surface area contributed by atoms with Gasteiger partial charge in [0.15, 0.2) is 16.7 Å².